The van der Waals surface area contributed by atoms with E-state index < -0.39 is 78.0 Å². The number of hydrogen-bond donors (Lipinski definition) is 3. The number of methoxy groups -OCH3 is 2. The zero-order chi connectivity index (χ0) is 82.8. The van der Waals surface area contributed by atoms with Gasteiger partial charge in [-0.25, -0.2) is 14.8 Å². The Morgan fingerprint density at radius 2 is 1.00 bits per heavy atom. The largest absolute Gasteiger partial charge is 0.480 e. The number of carboxylic acids is 1. The zero-order valence-electron chi connectivity index (χ0n) is 68.3. The number of amides is 6. The summed E-state index contributed by atoms with van der Waals surface area (Å²) in [5, 5.41) is 18.1. The number of likely N-dealkylation sites (N-methyl/N-ethyl adjacent to an activating group) is 2. The van der Waals surface area contributed by atoms with Crippen molar-refractivity contribution < 1.29 is 115 Å². The molecule has 2 aliphatic heterocycles. The average Bonchev–Trinajstić information content (AvgIpc) is 1.57. The highest BCUT2D eigenvalue weighted by atomic mass is 32.2. The van der Waals surface area contributed by atoms with Gasteiger partial charge >= 0.3 is 11.9 Å². The van der Waals surface area contributed by atoms with Gasteiger partial charge in [0.1, 0.15) is 28.2 Å². The lowest BCUT2D eigenvalue weighted by Gasteiger charge is -2.41. The molecule has 32 nitrogen and oxygen atoms in total. The Bertz CT molecular complexity index is 3210. The second kappa shape index (κ2) is 57.4. The van der Waals surface area contributed by atoms with Crippen LogP contribution in [0.25, 0.3) is 0 Å². The Morgan fingerprint density at radius 1 is 0.561 bits per heavy atom. The summed E-state index contributed by atoms with van der Waals surface area (Å²) < 4.78 is 78.9. The van der Waals surface area contributed by atoms with E-state index in [1.165, 1.54) is 31.2 Å². The molecule has 1 fully saturated rings. The summed E-state index contributed by atoms with van der Waals surface area (Å²) in [4.78, 5) is 128. The van der Waals surface area contributed by atoms with Crippen molar-refractivity contribution in [1.29, 1.82) is 0 Å². The molecule has 2 aromatic heterocycles. The molecule has 9 atom stereocenters. The Morgan fingerprint density at radius 3 is 1.39 bits per heavy atom. The number of pyridine rings is 2. The molecule has 0 bridgehead atoms. The molecule has 4 heterocycles. The number of aromatic nitrogens is 2. The highest BCUT2D eigenvalue weighted by Gasteiger charge is 2.45. The molecular formula is C80H124N8O24S2. The minimum Gasteiger partial charge on any atom is -0.480 e. The number of nitrogens with zero attached hydrogens (tertiary/aromatic N) is 6. The summed E-state index contributed by atoms with van der Waals surface area (Å²) in [6, 6.07) is 15.6. The summed E-state index contributed by atoms with van der Waals surface area (Å²) in [5.41, 5.74) is 0.755. The van der Waals surface area contributed by atoms with Crippen LogP contribution < -0.4 is 10.6 Å². The van der Waals surface area contributed by atoms with E-state index in [1.54, 1.807) is 84.7 Å². The molecule has 3 aromatic rings. The van der Waals surface area contributed by atoms with E-state index in [2.05, 4.69) is 20.6 Å². The van der Waals surface area contributed by atoms with E-state index in [-0.39, 0.29) is 94.3 Å². The van der Waals surface area contributed by atoms with Crippen molar-refractivity contribution in [2.45, 2.75) is 139 Å². The van der Waals surface area contributed by atoms with Crippen LogP contribution in [-0.4, -0.2) is 325 Å². The van der Waals surface area contributed by atoms with Gasteiger partial charge in [-0.3, -0.25) is 38.5 Å². The molecule has 114 heavy (non-hydrogen) atoms. The third-order valence-electron chi connectivity index (χ3n) is 18.7. The Kier molecular flexibility index (Phi) is 49.3. The second-order valence-corrected chi connectivity index (χ2v) is 29.7. The fourth-order valence-corrected chi connectivity index (χ4v) is 14.5. The van der Waals surface area contributed by atoms with Crippen molar-refractivity contribution in [2.24, 2.45) is 23.7 Å². The van der Waals surface area contributed by atoms with E-state index in [4.69, 9.17) is 71.2 Å². The van der Waals surface area contributed by atoms with E-state index >= 15 is 0 Å². The molecule has 1 saturated heterocycles. The molecule has 0 spiro atoms. The number of imide groups is 1. The molecule has 1 unspecified atom stereocenters. The van der Waals surface area contributed by atoms with Crippen molar-refractivity contribution in [1.82, 2.24) is 40.4 Å². The number of hydrogen-bond acceptors (Lipinski definition) is 28. The number of hydroxylamine groups is 2. The number of likely N-dealkylation sites (tertiary alicyclic amines) is 1. The normalized spacial score (nSPS) is 16.0. The summed E-state index contributed by atoms with van der Waals surface area (Å²) in [5.74, 6) is -5.94. The number of ether oxygens (including phenoxy) is 14. The van der Waals surface area contributed by atoms with Crippen LogP contribution in [0.5, 0.6) is 0 Å². The predicted molar refractivity (Wildman–Crippen MR) is 423 cm³/mol. The van der Waals surface area contributed by atoms with Crippen molar-refractivity contribution in [3.05, 3.63) is 94.5 Å². The lowest BCUT2D eigenvalue weighted by atomic mass is 9.89. The van der Waals surface area contributed by atoms with Crippen molar-refractivity contribution in [3.63, 3.8) is 0 Å². The number of thioether (sulfide) groups is 2. The van der Waals surface area contributed by atoms with Crippen LogP contribution in [0.15, 0.2) is 99.0 Å². The lowest BCUT2D eigenvalue weighted by molar-refractivity contribution is -0.200. The highest BCUT2D eigenvalue weighted by Crippen LogP contribution is 2.41. The summed E-state index contributed by atoms with van der Waals surface area (Å²) in [6.45, 7) is 22.0. The van der Waals surface area contributed by atoms with Crippen LogP contribution in [0.3, 0.4) is 0 Å². The zero-order valence-corrected chi connectivity index (χ0v) is 70.0. The Hall–Kier alpha value is -6.68. The van der Waals surface area contributed by atoms with Gasteiger partial charge in [0.15, 0.2) is 0 Å². The maximum atomic E-state index is 14.7. The van der Waals surface area contributed by atoms with Crippen molar-refractivity contribution in [3.8, 4) is 0 Å². The maximum absolute atomic E-state index is 14.7. The summed E-state index contributed by atoms with van der Waals surface area (Å²) in [6.07, 6.45) is 3.48. The van der Waals surface area contributed by atoms with Gasteiger partial charge in [-0.15, -0.1) is 5.06 Å². The molecule has 2 aliphatic rings. The van der Waals surface area contributed by atoms with Gasteiger partial charge in [-0.05, 0) is 60.4 Å². The Labute approximate surface area is 680 Å². The molecule has 1 aromatic carbocycles. The van der Waals surface area contributed by atoms with Gasteiger partial charge in [0.2, 0.25) is 23.6 Å². The number of carbonyl (C=O) groups is 8. The van der Waals surface area contributed by atoms with Gasteiger partial charge < -0.3 is 96.7 Å². The molecule has 6 amide bonds. The van der Waals surface area contributed by atoms with Gasteiger partial charge in [-0.2, -0.15) is 0 Å². The molecule has 34 heteroatoms. The first-order chi connectivity index (χ1) is 55.1. The number of nitrogens with one attached hydrogen (secondary N) is 2. The molecule has 0 saturated carbocycles. The van der Waals surface area contributed by atoms with Crippen LogP contribution in [0.1, 0.15) is 86.1 Å². The molecule has 0 aliphatic carbocycles. The third-order valence-corrected chi connectivity index (χ3v) is 20.9. The van der Waals surface area contributed by atoms with Crippen molar-refractivity contribution in [2.75, 3.05) is 200 Å². The average molecular weight is 1650 g/mol. The minimum atomic E-state index is -1.17. The van der Waals surface area contributed by atoms with Crippen LogP contribution in [-0.2, 0) is 116 Å². The quantitative estimate of drug-likeness (QED) is 0.0340. The molecule has 0 radical (unpaired) electrons. The number of benzene rings is 1. The molecule has 3 N–H and O–H groups in total. The monoisotopic (exact) mass is 1640 g/mol. The maximum Gasteiger partial charge on any atom is 0.327 e. The van der Waals surface area contributed by atoms with Gasteiger partial charge in [0, 0.05) is 53.7 Å². The number of carbonyl (C=O) groups excluding carboxylic acids is 7. The standard InChI is InChI=1S/C80H124N8O24S2/c1-12-59(6)71(64(98-10)56-67(89)87-29-20-23-63(87)72(99-11)60(7)75(91)83-62(80(96)97)55-61-21-14-13-15-22-61)85(8)77(93)69(57(2)3)84-76(92)70(58(4)5)86(9)112-68(90)26-31-100-33-35-102-37-39-104-41-43-106-45-47-108-49-51-110-53-54-111-52-50-109-48-46-107-44-42-105-40-38-103-36-34-101-32-30-88-78(94)73(113-65-24-16-18-27-81-65)74(79(88)95)114-66-25-17-19-28-82-66/h13-19,21-22,24-25,27-28,57-60,62-64,69-72H,12,20,23,26,29-56H2,1-11H3,(H,83,91)(H,84,92)(H,96,97)/t59-,60+,62-,63-,64-,69-,70-,71?,72-/m0/s1. The second-order valence-electron chi connectivity index (χ2n) is 27.7. The van der Waals surface area contributed by atoms with Gasteiger partial charge in [0.05, 0.1) is 218 Å². The van der Waals surface area contributed by atoms with Crippen molar-refractivity contribution >= 4 is 70.9 Å². The topological polar surface area (TPSA) is 358 Å². The molecule has 640 valence electrons. The first-order valence-electron chi connectivity index (χ1n) is 39.3. The van der Waals surface area contributed by atoms with Crippen LogP contribution in [0, 0.1) is 23.7 Å². The lowest BCUT2D eigenvalue weighted by Crippen LogP contribution is -2.60. The SMILES string of the molecule is CC[C@H](C)C([C@H](CC(=O)N1CCC[C@H]1[C@@H](OC)[C@@H](C)C(=O)N[C@@H](Cc1ccccc1)C(=O)O)OC)N(C)C(=O)[C@@H](NC(=O)[C@H](C(C)C)N(C)OC(=O)CCOCCOCCOCCOCCOCCOCCOCCOCCOCCOCCOCCOCCN1C(=O)C(Sc2ccccn2)=C(Sc2ccccn2)C1=O)C(C)C. The molecular weight excluding hydrogens is 1520 g/mol. The summed E-state index contributed by atoms with van der Waals surface area (Å²) >= 11 is 2.32. The van der Waals surface area contributed by atoms with Gasteiger partial charge in [-0.1, -0.05) is 121 Å². The number of rotatable bonds is 65. The smallest absolute Gasteiger partial charge is 0.327 e. The van der Waals surface area contributed by atoms with Crippen LogP contribution >= 0.6 is 23.5 Å². The summed E-state index contributed by atoms with van der Waals surface area (Å²) in [7, 11) is 6.11. The van der Waals surface area contributed by atoms with E-state index in [1.807, 2.05) is 59.7 Å². The number of carboxylic acid groups (broad SMARTS) is 1. The van der Waals surface area contributed by atoms with E-state index in [0.717, 1.165) is 29.1 Å². The fraction of sp³-hybridized carbons (Fsp3) is 0.675. The first-order valence-corrected chi connectivity index (χ1v) is 40.9. The van der Waals surface area contributed by atoms with Crippen LogP contribution in [0.4, 0.5) is 0 Å². The minimum absolute atomic E-state index is 0.0512. The van der Waals surface area contributed by atoms with Gasteiger partial charge in [0.25, 0.3) is 11.8 Å². The Balaban J connectivity index is 0.804. The first kappa shape index (κ1) is 97.9. The highest BCUT2D eigenvalue weighted by molar-refractivity contribution is 8.08. The van der Waals surface area contributed by atoms with E-state index in [9.17, 15) is 43.5 Å². The molecule has 5 rings (SSSR count). The fourth-order valence-electron chi connectivity index (χ4n) is 12.6. The third kappa shape index (κ3) is 36.0. The van der Waals surface area contributed by atoms with Crippen LogP contribution in [0.2, 0.25) is 0 Å². The predicted octanol–water partition coefficient (Wildman–Crippen LogP) is 5.82. The number of aliphatic carboxylic acids is 1. The van der Waals surface area contributed by atoms with E-state index in [0.29, 0.717) is 171 Å².